The SMILES string of the molecule is CC(C)Cc1ccc(C(NCC(=O)Nc2cc(S(C)(=O)=O)ccc2F)C(C)C)cc1. The molecule has 0 spiro atoms. The number of rotatable bonds is 9. The van der Waals surface area contributed by atoms with Crippen molar-refractivity contribution in [1.29, 1.82) is 0 Å². The second-order valence-corrected chi connectivity index (χ2v) is 10.4. The van der Waals surface area contributed by atoms with Crippen molar-refractivity contribution in [2.75, 3.05) is 18.1 Å². The van der Waals surface area contributed by atoms with Crippen LogP contribution in [0.25, 0.3) is 0 Å². The standard InChI is InChI=1S/C23H31FN2O3S/c1-15(2)12-17-6-8-18(9-7-17)23(16(3)4)25-14-22(27)26-21-13-19(30(5,28)29)10-11-20(21)24/h6-11,13,15-16,23,25H,12,14H2,1-5H3,(H,26,27). The Labute approximate surface area is 179 Å². The summed E-state index contributed by atoms with van der Waals surface area (Å²) in [6.07, 6.45) is 2.05. The summed E-state index contributed by atoms with van der Waals surface area (Å²) in [6.45, 7) is 8.46. The minimum Gasteiger partial charge on any atom is -0.322 e. The summed E-state index contributed by atoms with van der Waals surface area (Å²) in [5, 5.41) is 5.69. The Bertz CT molecular complexity index is 970. The third-order valence-electron chi connectivity index (χ3n) is 4.77. The van der Waals surface area contributed by atoms with Gasteiger partial charge in [-0.3, -0.25) is 4.79 Å². The molecule has 0 radical (unpaired) electrons. The lowest BCUT2D eigenvalue weighted by Gasteiger charge is -2.23. The maximum absolute atomic E-state index is 14.0. The molecule has 1 unspecified atom stereocenters. The number of carbonyl (C=O) groups is 1. The molecule has 30 heavy (non-hydrogen) atoms. The van der Waals surface area contributed by atoms with Gasteiger partial charge in [0.2, 0.25) is 5.91 Å². The molecule has 164 valence electrons. The highest BCUT2D eigenvalue weighted by atomic mass is 32.2. The molecule has 0 heterocycles. The number of anilines is 1. The second kappa shape index (κ2) is 10.2. The number of hydrogen-bond acceptors (Lipinski definition) is 4. The van der Waals surface area contributed by atoms with Crippen molar-refractivity contribution in [2.24, 2.45) is 11.8 Å². The van der Waals surface area contributed by atoms with Gasteiger partial charge in [-0.2, -0.15) is 0 Å². The predicted molar refractivity (Wildman–Crippen MR) is 119 cm³/mol. The molecule has 0 saturated carbocycles. The van der Waals surface area contributed by atoms with Crippen LogP contribution in [0, 0.1) is 17.7 Å². The molecular formula is C23H31FN2O3S. The maximum Gasteiger partial charge on any atom is 0.238 e. The highest BCUT2D eigenvalue weighted by Crippen LogP contribution is 2.23. The molecular weight excluding hydrogens is 403 g/mol. The third-order valence-corrected chi connectivity index (χ3v) is 5.88. The van der Waals surface area contributed by atoms with Crippen LogP contribution in [-0.4, -0.2) is 27.1 Å². The van der Waals surface area contributed by atoms with Crippen LogP contribution in [0.4, 0.5) is 10.1 Å². The van der Waals surface area contributed by atoms with Gasteiger partial charge in [-0.1, -0.05) is 52.0 Å². The highest BCUT2D eigenvalue weighted by Gasteiger charge is 2.18. The van der Waals surface area contributed by atoms with Crippen molar-refractivity contribution >= 4 is 21.4 Å². The average molecular weight is 435 g/mol. The summed E-state index contributed by atoms with van der Waals surface area (Å²) in [4.78, 5) is 12.3. The number of halogens is 1. The predicted octanol–water partition coefficient (Wildman–Crippen LogP) is 4.35. The Morgan fingerprint density at radius 1 is 1.03 bits per heavy atom. The fraction of sp³-hybridized carbons (Fsp3) is 0.435. The first kappa shape index (κ1) is 24.0. The number of hydrogen-bond donors (Lipinski definition) is 2. The summed E-state index contributed by atoms with van der Waals surface area (Å²) in [6, 6.07) is 11.7. The molecule has 0 saturated heterocycles. The lowest BCUT2D eigenvalue weighted by atomic mass is 9.93. The summed E-state index contributed by atoms with van der Waals surface area (Å²) in [5.74, 6) is -0.308. The molecule has 0 aliphatic rings. The molecule has 2 N–H and O–H groups in total. The van der Waals surface area contributed by atoms with Crippen LogP contribution < -0.4 is 10.6 Å². The van der Waals surface area contributed by atoms with Gasteiger partial charge in [-0.05, 0) is 47.6 Å². The van der Waals surface area contributed by atoms with Crippen LogP contribution in [0.3, 0.4) is 0 Å². The van der Waals surface area contributed by atoms with Crippen molar-refractivity contribution in [3.8, 4) is 0 Å². The van der Waals surface area contributed by atoms with E-state index in [1.807, 2.05) is 0 Å². The minimum absolute atomic E-state index is 0.0286. The van der Waals surface area contributed by atoms with Crippen molar-refractivity contribution in [3.63, 3.8) is 0 Å². The molecule has 5 nitrogen and oxygen atoms in total. The van der Waals surface area contributed by atoms with Gasteiger partial charge in [0, 0.05) is 12.3 Å². The molecule has 0 aromatic heterocycles. The van der Waals surface area contributed by atoms with Gasteiger partial charge in [0.1, 0.15) is 5.82 Å². The molecule has 2 aromatic rings. The smallest absolute Gasteiger partial charge is 0.238 e. The van der Waals surface area contributed by atoms with Crippen molar-refractivity contribution < 1.29 is 17.6 Å². The Hall–Kier alpha value is -2.25. The normalized spacial score (nSPS) is 12.9. The van der Waals surface area contributed by atoms with Gasteiger partial charge < -0.3 is 10.6 Å². The number of carbonyl (C=O) groups excluding carboxylic acids is 1. The molecule has 0 aliphatic carbocycles. The van der Waals surface area contributed by atoms with Crippen LogP contribution in [0.15, 0.2) is 47.4 Å². The quantitative estimate of drug-likeness (QED) is 0.575. The summed E-state index contributed by atoms with van der Waals surface area (Å²) in [7, 11) is -3.50. The van der Waals surface area contributed by atoms with E-state index in [0.717, 1.165) is 30.4 Å². The van der Waals surface area contributed by atoms with E-state index in [4.69, 9.17) is 0 Å². The largest absolute Gasteiger partial charge is 0.322 e. The van der Waals surface area contributed by atoms with Crippen molar-refractivity contribution in [2.45, 2.75) is 45.1 Å². The highest BCUT2D eigenvalue weighted by molar-refractivity contribution is 7.90. The van der Waals surface area contributed by atoms with Gasteiger partial charge in [-0.25, -0.2) is 12.8 Å². The van der Waals surface area contributed by atoms with E-state index in [1.165, 1.54) is 11.6 Å². The van der Waals surface area contributed by atoms with E-state index in [2.05, 4.69) is 62.6 Å². The Morgan fingerprint density at radius 3 is 2.20 bits per heavy atom. The van der Waals surface area contributed by atoms with Gasteiger partial charge in [0.25, 0.3) is 0 Å². The van der Waals surface area contributed by atoms with E-state index < -0.39 is 21.6 Å². The zero-order valence-corrected chi connectivity index (χ0v) is 19.0. The van der Waals surface area contributed by atoms with E-state index in [9.17, 15) is 17.6 Å². The first-order chi connectivity index (χ1) is 14.0. The van der Waals surface area contributed by atoms with Crippen LogP contribution in [0.1, 0.15) is 44.9 Å². The minimum atomic E-state index is -3.50. The Morgan fingerprint density at radius 2 is 1.67 bits per heavy atom. The van der Waals surface area contributed by atoms with E-state index in [1.54, 1.807) is 0 Å². The summed E-state index contributed by atoms with van der Waals surface area (Å²) < 4.78 is 37.3. The van der Waals surface area contributed by atoms with Crippen LogP contribution >= 0.6 is 0 Å². The van der Waals surface area contributed by atoms with Crippen LogP contribution in [0.5, 0.6) is 0 Å². The van der Waals surface area contributed by atoms with Gasteiger partial charge >= 0.3 is 0 Å². The molecule has 1 atom stereocenters. The molecule has 7 heteroatoms. The van der Waals surface area contributed by atoms with E-state index >= 15 is 0 Å². The Kier molecular flexibility index (Phi) is 8.15. The second-order valence-electron chi connectivity index (χ2n) is 8.40. The number of amides is 1. The average Bonchev–Trinajstić information content (AvgIpc) is 2.63. The monoisotopic (exact) mass is 434 g/mol. The zero-order valence-electron chi connectivity index (χ0n) is 18.2. The topological polar surface area (TPSA) is 75.3 Å². The van der Waals surface area contributed by atoms with Crippen LogP contribution in [0.2, 0.25) is 0 Å². The Balaban J connectivity index is 2.06. The summed E-state index contributed by atoms with van der Waals surface area (Å²) in [5.41, 5.74) is 2.20. The third kappa shape index (κ3) is 6.92. The van der Waals surface area contributed by atoms with Crippen molar-refractivity contribution in [3.05, 3.63) is 59.4 Å². The molecule has 0 aliphatic heterocycles. The molecule has 0 fully saturated rings. The van der Waals surface area contributed by atoms with E-state index in [0.29, 0.717) is 5.92 Å². The lowest BCUT2D eigenvalue weighted by molar-refractivity contribution is -0.115. The summed E-state index contributed by atoms with van der Waals surface area (Å²) >= 11 is 0. The fourth-order valence-corrected chi connectivity index (χ4v) is 3.95. The number of nitrogens with one attached hydrogen (secondary N) is 2. The lowest BCUT2D eigenvalue weighted by Crippen LogP contribution is -2.33. The van der Waals surface area contributed by atoms with Crippen molar-refractivity contribution in [1.82, 2.24) is 5.32 Å². The first-order valence-corrected chi connectivity index (χ1v) is 12.0. The van der Waals surface area contributed by atoms with Gasteiger partial charge in [-0.15, -0.1) is 0 Å². The maximum atomic E-state index is 14.0. The van der Waals surface area contributed by atoms with Crippen LogP contribution in [-0.2, 0) is 21.1 Å². The van der Waals surface area contributed by atoms with Gasteiger partial charge in [0.15, 0.2) is 9.84 Å². The number of benzene rings is 2. The molecule has 2 rings (SSSR count). The molecule has 2 aromatic carbocycles. The first-order valence-electron chi connectivity index (χ1n) is 10.1. The number of sulfone groups is 1. The zero-order chi connectivity index (χ0) is 22.5. The van der Waals surface area contributed by atoms with E-state index in [-0.39, 0.29) is 29.1 Å². The molecule has 1 amide bonds. The van der Waals surface area contributed by atoms with Gasteiger partial charge in [0.05, 0.1) is 17.1 Å². The molecule has 0 bridgehead atoms. The fourth-order valence-electron chi connectivity index (χ4n) is 3.30.